The van der Waals surface area contributed by atoms with Crippen LogP contribution in [0.3, 0.4) is 0 Å². The molecule has 1 aromatic carbocycles. The van der Waals surface area contributed by atoms with Gasteiger partial charge in [-0.1, -0.05) is 45.7 Å². The van der Waals surface area contributed by atoms with Crippen molar-refractivity contribution in [2.75, 3.05) is 6.61 Å². The number of carboxylic acids is 1. The first-order chi connectivity index (χ1) is 11.5. The number of carbonyl (C=O) groups is 2. The highest BCUT2D eigenvalue weighted by molar-refractivity contribution is 5.94. The number of benzene rings is 1. The molecule has 0 bridgehead atoms. The average Bonchev–Trinajstić information content (AvgIpc) is 2.58. The van der Waals surface area contributed by atoms with Gasteiger partial charge in [-0.2, -0.15) is 0 Å². The Morgan fingerprint density at radius 1 is 1.25 bits per heavy atom. The largest absolute Gasteiger partial charge is 0.494 e. The van der Waals surface area contributed by atoms with E-state index >= 15 is 0 Å². The third kappa shape index (κ3) is 6.86. The Balaban J connectivity index is 2.58. The van der Waals surface area contributed by atoms with Gasteiger partial charge in [0.2, 0.25) is 5.91 Å². The van der Waals surface area contributed by atoms with Crippen LogP contribution in [0.1, 0.15) is 45.6 Å². The van der Waals surface area contributed by atoms with Crippen LogP contribution >= 0.6 is 0 Å². The van der Waals surface area contributed by atoms with Gasteiger partial charge >= 0.3 is 5.97 Å². The van der Waals surface area contributed by atoms with E-state index in [-0.39, 0.29) is 5.92 Å². The van der Waals surface area contributed by atoms with Gasteiger partial charge in [0.15, 0.2) is 0 Å². The van der Waals surface area contributed by atoms with E-state index in [9.17, 15) is 14.7 Å². The van der Waals surface area contributed by atoms with Crippen molar-refractivity contribution < 1.29 is 19.4 Å². The number of nitrogens with one attached hydrogen (secondary N) is 1. The Kier molecular flexibility index (Phi) is 8.61. The molecule has 0 spiro atoms. The highest BCUT2D eigenvalue weighted by Crippen LogP contribution is 2.14. The fraction of sp³-hybridized carbons (Fsp3) is 0.474. The molecule has 0 aromatic heterocycles. The molecule has 5 nitrogen and oxygen atoms in total. The van der Waals surface area contributed by atoms with Crippen LogP contribution in [0.4, 0.5) is 0 Å². The second kappa shape index (κ2) is 10.5. The van der Waals surface area contributed by atoms with Crippen LogP contribution in [0.2, 0.25) is 0 Å². The molecule has 0 aliphatic heterocycles. The van der Waals surface area contributed by atoms with Crippen LogP contribution in [-0.4, -0.2) is 29.6 Å². The first-order valence-electron chi connectivity index (χ1n) is 8.42. The standard InChI is InChI=1S/C19H27NO4/c1-4-6-13-24-16-10-7-15(8-11-16)9-12-17(21)20-18(19(22)23)14(3)5-2/h7-12,14,18H,4-6,13H2,1-3H3,(H,20,21)(H,22,23)/b12-9+. The number of carboxylic acid groups (broad SMARTS) is 1. The van der Waals surface area contributed by atoms with Gasteiger partial charge in [0.25, 0.3) is 0 Å². The van der Waals surface area contributed by atoms with Crippen LogP contribution in [0, 0.1) is 5.92 Å². The van der Waals surface area contributed by atoms with Crippen molar-refractivity contribution in [2.24, 2.45) is 5.92 Å². The Bertz CT molecular complexity index is 551. The summed E-state index contributed by atoms with van der Waals surface area (Å²) in [6.45, 7) is 6.51. The number of rotatable bonds is 10. The van der Waals surface area contributed by atoms with Crippen LogP contribution in [-0.2, 0) is 9.59 Å². The second-order valence-corrected chi connectivity index (χ2v) is 5.81. The summed E-state index contributed by atoms with van der Waals surface area (Å²) >= 11 is 0. The molecule has 2 N–H and O–H groups in total. The predicted molar refractivity (Wildman–Crippen MR) is 94.9 cm³/mol. The minimum absolute atomic E-state index is 0.126. The Morgan fingerprint density at radius 3 is 2.46 bits per heavy atom. The summed E-state index contributed by atoms with van der Waals surface area (Å²) in [7, 11) is 0. The minimum atomic E-state index is -1.01. The number of ether oxygens (including phenoxy) is 1. The molecule has 5 heteroatoms. The molecule has 1 rings (SSSR count). The van der Waals surface area contributed by atoms with Crippen LogP contribution in [0.15, 0.2) is 30.3 Å². The van der Waals surface area contributed by atoms with Gasteiger partial charge in [0, 0.05) is 6.08 Å². The van der Waals surface area contributed by atoms with E-state index in [0.717, 1.165) is 24.2 Å². The molecule has 24 heavy (non-hydrogen) atoms. The predicted octanol–water partition coefficient (Wildman–Crippen LogP) is 3.49. The summed E-state index contributed by atoms with van der Waals surface area (Å²) < 4.78 is 5.58. The molecule has 0 heterocycles. The Morgan fingerprint density at radius 2 is 1.92 bits per heavy atom. The zero-order chi connectivity index (χ0) is 17.9. The quantitative estimate of drug-likeness (QED) is 0.507. The average molecular weight is 333 g/mol. The molecule has 1 aromatic rings. The normalized spacial score (nSPS) is 13.5. The first kappa shape index (κ1) is 19.7. The lowest BCUT2D eigenvalue weighted by atomic mass is 9.99. The van der Waals surface area contributed by atoms with E-state index in [2.05, 4.69) is 12.2 Å². The fourth-order valence-corrected chi connectivity index (χ4v) is 2.07. The summed E-state index contributed by atoms with van der Waals surface area (Å²) in [5.41, 5.74) is 0.850. The van der Waals surface area contributed by atoms with Crippen LogP contribution < -0.4 is 10.1 Å². The summed E-state index contributed by atoms with van der Waals surface area (Å²) in [5.74, 6) is -0.752. The fourth-order valence-electron chi connectivity index (χ4n) is 2.07. The van der Waals surface area contributed by atoms with Gasteiger partial charge in [-0.25, -0.2) is 4.79 Å². The molecule has 1 amide bonds. The van der Waals surface area contributed by atoms with Gasteiger partial charge in [0.05, 0.1) is 6.61 Å². The lowest BCUT2D eigenvalue weighted by Crippen LogP contribution is -2.44. The van der Waals surface area contributed by atoms with E-state index < -0.39 is 17.9 Å². The van der Waals surface area contributed by atoms with Gasteiger partial charge in [-0.05, 0) is 36.1 Å². The lowest BCUT2D eigenvalue weighted by Gasteiger charge is -2.19. The number of hydrogen-bond donors (Lipinski definition) is 2. The van der Waals surface area contributed by atoms with Crippen molar-refractivity contribution >= 4 is 18.0 Å². The monoisotopic (exact) mass is 333 g/mol. The molecule has 2 atom stereocenters. The van der Waals surface area contributed by atoms with E-state index in [1.54, 1.807) is 13.0 Å². The van der Waals surface area contributed by atoms with Gasteiger partial charge in [-0.3, -0.25) is 4.79 Å². The lowest BCUT2D eigenvalue weighted by molar-refractivity contribution is -0.142. The summed E-state index contributed by atoms with van der Waals surface area (Å²) in [6.07, 6.45) is 5.79. The molecule has 0 radical (unpaired) electrons. The third-order valence-corrected chi connectivity index (χ3v) is 3.85. The number of carbonyl (C=O) groups excluding carboxylic acids is 1. The minimum Gasteiger partial charge on any atom is -0.494 e. The number of aliphatic carboxylic acids is 1. The summed E-state index contributed by atoms with van der Waals surface area (Å²) in [4.78, 5) is 23.1. The molecule has 132 valence electrons. The zero-order valence-corrected chi connectivity index (χ0v) is 14.6. The van der Waals surface area contributed by atoms with Gasteiger partial charge in [0.1, 0.15) is 11.8 Å². The molecule has 0 saturated carbocycles. The zero-order valence-electron chi connectivity index (χ0n) is 14.6. The highest BCUT2D eigenvalue weighted by atomic mass is 16.5. The second-order valence-electron chi connectivity index (χ2n) is 5.81. The van der Waals surface area contributed by atoms with Crippen molar-refractivity contribution in [1.82, 2.24) is 5.32 Å². The van der Waals surface area contributed by atoms with Crippen molar-refractivity contribution in [1.29, 1.82) is 0 Å². The van der Waals surface area contributed by atoms with Crippen LogP contribution in [0.5, 0.6) is 5.75 Å². The van der Waals surface area contributed by atoms with Gasteiger partial charge in [-0.15, -0.1) is 0 Å². The molecule has 2 unspecified atom stereocenters. The molecule has 0 fully saturated rings. The maximum atomic E-state index is 11.9. The maximum Gasteiger partial charge on any atom is 0.326 e. The van der Waals surface area contributed by atoms with Crippen molar-refractivity contribution in [3.63, 3.8) is 0 Å². The number of unbranched alkanes of at least 4 members (excludes halogenated alkanes) is 1. The molecular weight excluding hydrogens is 306 g/mol. The van der Waals surface area contributed by atoms with E-state index in [4.69, 9.17) is 4.74 Å². The van der Waals surface area contributed by atoms with Gasteiger partial charge < -0.3 is 15.2 Å². The number of hydrogen-bond acceptors (Lipinski definition) is 3. The van der Waals surface area contributed by atoms with E-state index in [0.29, 0.717) is 13.0 Å². The highest BCUT2D eigenvalue weighted by Gasteiger charge is 2.24. The van der Waals surface area contributed by atoms with E-state index in [1.807, 2.05) is 31.2 Å². The molecule has 0 aliphatic rings. The molecule has 0 saturated heterocycles. The summed E-state index contributed by atoms with van der Waals surface area (Å²) in [5, 5.41) is 11.7. The van der Waals surface area contributed by atoms with Crippen molar-refractivity contribution in [2.45, 2.75) is 46.1 Å². The van der Waals surface area contributed by atoms with Crippen molar-refractivity contribution in [3.05, 3.63) is 35.9 Å². The molecule has 0 aliphatic carbocycles. The smallest absolute Gasteiger partial charge is 0.326 e. The third-order valence-electron chi connectivity index (χ3n) is 3.85. The van der Waals surface area contributed by atoms with Crippen LogP contribution in [0.25, 0.3) is 6.08 Å². The van der Waals surface area contributed by atoms with Crippen molar-refractivity contribution in [3.8, 4) is 5.75 Å². The Labute approximate surface area is 143 Å². The topological polar surface area (TPSA) is 75.6 Å². The summed E-state index contributed by atoms with van der Waals surface area (Å²) in [6, 6.07) is 6.54. The molecular formula is C19H27NO4. The maximum absolute atomic E-state index is 11.9. The Hall–Kier alpha value is -2.30. The van der Waals surface area contributed by atoms with E-state index in [1.165, 1.54) is 6.08 Å². The number of amides is 1. The first-order valence-corrected chi connectivity index (χ1v) is 8.42. The SMILES string of the molecule is CCCCOc1ccc(/C=C/C(=O)NC(C(=O)O)C(C)CC)cc1.